The highest BCUT2D eigenvalue weighted by molar-refractivity contribution is 5.94. The Morgan fingerprint density at radius 1 is 1.21 bits per heavy atom. The first-order valence-corrected chi connectivity index (χ1v) is 11.4. The van der Waals surface area contributed by atoms with Gasteiger partial charge in [0.1, 0.15) is 18.1 Å². The molecule has 1 aliphatic rings. The molecular weight excluding hydrogens is 428 g/mol. The molecule has 0 aliphatic carbocycles. The minimum atomic E-state index is -1.07. The SMILES string of the molecule is CC(C)CC(N)C(=O)NC(C(=O)NC(Cc1cnc[nH]1)C(=O)N1CCCC1C(=O)O)C(C)C. The first-order chi connectivity index (χ1) is 15.5. The van der Waals surface area contributed by atoms with Crippen molar-refractivity contribution in [2.75, 3.05) is 6.54 Å². The average Bonchev–Trinajstić information content (AvgIpc) is 3.41. The van der Waals surface area contributed by atoms with Crippen molar-refractivity contribution in [3.8, 4) is 0 Å². The molecule has 1 aromatic heterocycles. The van der Waals surface area contributed by atoms with Crippen molar-refractivity contribution in [3.63, 3.8) is 0 Å². The van der Waals surface area contributed by atoms with Gasteiger partial charge < -0.3 is 31.4 Å². The zero-order chi connectivity index (χ0) is 24.7. The van der Waals surface area contributed by atoms with Gasteiger partial charge in [-0.2, -0.15) is 0 Å². The molecule has 1 aromatic rings. The highest BCUT2D eigenvalue weighted by Crippen LogP contribution is 2.19. The topological polar surface area (TPSA) is 171 Å². The largest absolute Gasteiger partial charge is 0.480 e. The lowest BCUT2D eigenvalue weighted by molar-refractivity contribution is -0.149. The molecule has 4 atom stereocenters. The number of likely N-dealkylation sites (tertiary alicyclic amines) is 1. The Morgan fingerprint density at radius 3 is 2.45 bits per heavy atom. The highest BCUT2D eigenvalue weighted by atomic mass is 16.4. The highest BCUT2D eigenvalue weighted by Gasteiger charge is 2.39. The van der Waals surface area contributed by atoms with Gasteiger partial charge >= 0.3 is 5.97 Å². The standard InChI is InChI=1S/C22H36N6O5/c1-12(2)8-15(23)19(29)27-18(13(3)4)20(30)26-16(9-14-10-24-11-25-14)21(31)28-7-5-6-17(28)22(32)33/h10-13,15-18H,5-9,23H2,1-4H3,(H,24,25)(H,26,30)(H,27,29)(H,32,33). The number of rotatable bonds is 11. The van der Waals surface area contributed by atoms with Gasteiger partial charge in [0.05, 0.1) is 12.4 Å². The molecule has 3 amide bonds. The van der Waals surface area contributed by atoms with Gasteiger partial charge in [-0.25, -0.2) is 9.78 Å². The average molecular weight is 465 g/mol. The molecule has 1 fully saturated rings. The van der Waals surface area contributed by atoms with Gasteiger partial charge in [-0.3, -0.25) is 14.4 Å². The van der Waals surface area contributed by atoms with E-state index in [4.69, 9.17) is 5.73 Å². The monoisotopic (exact) mass is 464 g/mol. The van der Waals surface area contributed by atoms with Crippen LogP contribution in [0.15, 0.2) is 12.5 Å². The van der Waals surface area contributed by atoms with Crippen LogP contribution in [-0.2, 0) is 25.6 Å². The summed E-state index contributed by atoms with van der Waals surface area (Å²) >= 11 is 0. The van der Waals surface area contributed by atoms with Gasteiger partial charge in [-0.1, -0.05) is 27.7 Å². The molecule has 184 valence electrons. The summed E-state index contributed by atoms with van der Waals surface area (Å²) in [5.41, 5.74) is 6.58. The van der Waals surface area contributed by atoms with E-state index in [-0.39, 0.29) is 18.3 Å². The van der Waals surface area contributed by atoms with Crippen LogP contribution >= 0.6 is 0 Å². The second-order valence-corrected chi connectivity index (χ2v) is 9.34. The predicted molar refractivity (Wildman–Crippen MR) is 121 cm³/mol. The molecule has 11 nitrogen and oxygen atoms in total. The van der Waals surface area contributed by atoms with Crippen molar-refractivity contribution in [1.82, 2.24) is 25.5 Å². The van der Waals surface area contributed by atoms with Crippen molar-refractivity contribution in [1.29, 1.82) is 0 Å². The molecule has 2 heterocycles. The van der Waals surface area contributed by atoms with E-state index in [1.165, 1.54) is 17.4 Å². The van der Waals surface area contributed by atoms with E-state index in [1.54, 1.807) is 13.8 Å². The van der Waals surface area contributed by atoms with E-state index in [1.807, 2.05) is 13.8 Å². The molecule has 0 spiro atoms. The van der Waals surface area contributed by atoms with E-state index in [9.17, 15) is 24.3 Å². The van der Waals surface area contributed by atoms with E-state index < -0.39 is 47.9 Å². The van der Waals surface area contributed by atoms with Crippen LogP contribution < -0.4 is 16.4 Å². The summed E-state index contributed by atoms with van der Waals surface area (Å²) in [5, 5.41) is 14.9. The van der Waals surface area contributed by atoms with Crippen molar-refractivity contribution in [2.24, 2.45) is 17.6 Å². The van der Waals surface area contributed by atoms with Crippen molar-refractivity contribution < 1.29 is 24.3 Å². The van der Waals surface area contributed by atoms with Gasteiger partial charge in [0, 0.05) is 24.9 Å². The Bertz CT molecular complexity index is 825. The maximum absolute atomic E-state index is 13.3. The number of carbonyl (C=O) groups excluding carboxylic acids is 3. The molecule has 11 heteroatoms. The van der Waals surface area contributed by atoms with Crippen molar-refractivity contribution in [3.05, 3.63) is 18.2 Å². The van der Waals surface area contributed by atoms with E-state index in [0.717, 1.165) is 0 Å². The summed E-state index contributed by atoms with van der Waals surface area (Å²) in [6.45, 7) is 7.78. The van der Waals surface area contributed by atoms with Crippen molar-refractivity contribution >= 4 is 23.7 Å². The summed E-state index contributed by atoms with van der Waals surface area (Å²) in [5.74, 6) is -2.55. The van der Waals surface area contributed by atoms with Crippen LogP contribution in [0.5, 0.6) is 0 Å². The molecular formula is C22H36N6O5. The molecule has 1 saturated heterocycles. The first kappa shape index (κ1) is 26.3. The number of imidazole rings is 1. The fourth-order valence-corrected chi connectivity index (χ4v) is 3.98. The van der Waals surface area contributed by atoms with E-state index >= 15 is 0 Å². The number of carboxylic acids is 1. The second-order valence-electron chi connectivity index (χ2n) is 9.34. The van der Waals surface area contributed by atoms with Crippen LogP contribution in [0.3, 0.4) is 0 Å². The Balaban J connectivity index is 2.18. The van der Waals surface area contributed by atoms with Crippen LogP contribution in [0.2, 0.25) is 0 Å². The number of hydrogen-bond donors (Lipinski definition) is 5. The van der Waals surface area contributed by atoms with E-state index in [2.05, 4.69) is 20.6 Å². The van der Waals surface area contributed by atoms with Crippen LogP contribution in [0.1, 0.15) is 52.7 Å². The van der Waals surface area contributed by atoms with Gasteiger partial charge in [0.2, 0.25) is 17.7 Å². The Morgan fingerprint density at radius 2 is 1.91 bits per heavy atom. The molecule has 4 unspecified atom stereocenters. The lowest BCUT2D eigenvalue weighted by atomic mass is 9.99. The maximum atomic E-state index is 13.3. The first-order valence-electron chi connectivity index (χ1n) is 11.4. The number of aromatic nitrogens is 2. The van der Waals surface area contributed by atoms with Crippen molar-refractivity contribution in [2.45, 2.75) is 77.5 Å². The Labute approximate surface area is 193 Å². The molecule has 0 saturated carbocycles. The Kier molecular flexibility index (Phi) is 9.39. The zero-order valence-electron chi connectivity index (χ0n) is 19.7. The number of aliphatic carboxylic acids is 1. The third-order valence-corrected chi connectivity index (χ3v) is 5.72. The lowest BCUT2D eigenvalue weighted by Gasteiger charge is -2.29. The van der Waals surface area contributed by atoms with Gasteiger partial charge in [0.25, 0.3) is 0 Å². The smallest absolute Gasteiger partial charge is 0.326 e. The number of aromatic amines is 1. The zero-order valence-corrected chi connectivity index (χ0v) is 19.7. The molecule has 1 aliphatic heterocycles. The number of carbonyl (C=O) groups is 4. The fourth-order valence-electron chi connectivity index (χ4n) is 3.98. The summed E-state index contributed by atoms with van der Waals surface area (Å²) in [6.07, 6.45) is 4.53. The number of nitrogens with one attached hydrogen (secondary N) is 3. The number of nitrogens with zero attached hydrogens (tertiary/aromatic N) is 2. The molecule has 0 radical (unpaired) electrons. The minimum absolute atomic E-state index is 0.110. The fraction of sp³-hybridized carbons (Fsp3) is 0.682. The summed E-state index contributed by atoms with van der Waals surface area (Å²) in [4.78, 5) is 58.7. The number of H-pyrrole nitrogens is 1. The minimum Gasteiger partial charge on any atom is -0.480 e. The van der Waals surface area contributed by atoms with Crippen LogP contribution in [0, 0.1) is 11.8 Å². The normalized spacial score (nSPS) is 18.8. The second kappa shape index (κ2) is 11.8. The van der Waals surface area contributed by atoms with Gasteiger partial charge in [-0.05, 0) is 31.1 Å². The third-order valence-electron chi connectivity index (χ3n) is 5.72. The van der Waals surface area contributed by atoms with Gasteiger partial charge in [0.15, 0.2) is 0 Å². The molecule has 33 heavy (non-hydrogen) atoms. The molecule has 0 aromatic carbocycles. The number of amides is 3. The quantitative estimate of drug-likeness (QED) is 0.307. The summed E-state index contributed by atoms with van der Waals surface area (Å²) in [7, 11) is 0. The van der Waals surface area contributed by atoms with Crippen LogP contribution in [0.25, 0.3) is 0 Å². The van der Waals surface area contributed by atoms with Gasteiger partial charge in [-0.15, -0.1) is 0 Å². The lowest BCUT2D eigenvalue weighted by Crippen LogP contribution is -2.59. The summed E-state index contributed by atoms with van der Waals surface area (Å²) in [6, 6.07) is -3.59. The maximum Gasteiger partial charge on any atom is 0.326 e. The summed E-state index contributed by atoms with van der Waals surface area (Å²) < 4.78 is 0. The van der Waals surface area contributed by atoms with Crippen LogP contribution in [-0.4, -0.2) is 74.4 Å². The molecule has 6 N–H and O–H groups in total. The Hall–Kier alpha value is -2.95. The molecule has 0 bridgehead atoms. The van der Waals surface area contributed by atoms with E-state index in [0.29, 0.717) is 31.5 Å². The van der Waals surface area contributed by atoms with Crippen LogP contribution in [0.4, 0.5) is 0 Å². The molecule has 2 rings (SSSR count). The predicted octanol–water partition coefficient (Wildman–Crippen LogP) is 0.0268. The number of carboxylic acid groups (broad SMARTS) is 1. The third kappa shape index (κ3) is 7.28. The number of hydrogen-bond acceptors (Lipinski definition) is 6. The number of nitrogens with two attached hydrogens (primary N) is 1.